The van der Waals surface area contributed by atoms with Crippen molar-refractivity contribution in [3.8, 4) is 11.4 Å². The molecule has 5 nitrogen and oxygen atoms in total. The highest BCUT2D eigenvalue weighted by atomic mass is 127. The van der Waals surface area contributed by atoms with Crippen molar-refractivity contribution in [3.05, 3.63) is 80.0 Å². The number of carbonyl (C=O) groups excluding carboxylic acids is 1. The summed E-state index contributed by atoms with van der Waals surface area (Å²) in [7, 11) is 1.64. The minimum atomic E-state index is -0.0103. The van der Waals surface area contributed by atoms with E-state index < -0.39 is 0 Å². The number of amides is 1. The molecule has 0 saturated carbocycles. The molecule has 164 valence electrons. The molecule has 0 radical (unpaired) electrons. The Labute approximate surface area is 206 Å². The van der Waals surface area contributed by atoms with E-state index in [1.54, 1.807) is 12.0 Å². The van der Waals surface area contributed by atoms with Crippen LogP contribution >= 0.6 is 34.4 Å². The number of halogens is 1. The standard InChI is InChI=1S/C25H24IN3O2S/c1-5-28-24(30)23(32-25(28)27-20-9-11-22(31-4)12-10-20)14-18-13-16(2)29(17(18)3)21-8-6-7-19(26)15-21/h6-15H,5H2,1-4H3/b23-14+,27-25?. The van der Waals surface area contributed by atoms with Gasteiger partial charge in [-0.3, -0.25) is 9.69 Å². The number of rotatable bonds is 5. The molecule has 0 N–H and O–H groups in total. The van der Waals surface area contributed by atoms with Gasteiger partial charge in [0.05, 0.1) is 17.7 Å². The largest absolute Gasteiger partial charge is 0.497 e. The molecule has 1 amide bonds. The molecule has 1 aliphatic heterocycles. The summed E-state index contributed by atoms with van der Waals surface area (Å²) in [6, 6.07) is 18.1. The summed E-state index contributed by atoms with van der Waals surface area (Å²) < 4.78 is 8.63. The molecule has 1 saturated heterocycles. The van der Waals surface area contributed by atoms with Crippen LogP contribution in [0, 0.1) is 17.4 Å². The lowest BCUT2D eigenvalue weighted by Gasteiger charge is -2.12. The van der Waals surface area contributed by atoms with Gasteiger partial charge in [0, 0.05) is 27.2 Å². The fraction of sp³-hybridized carbons (Fsp3) is 0.200. The Morgan fingerprint density at radius 2 is 1.88 bits per heavy atom. The number of carbonyl (C=O) groups is 1. The Kier molecular flexibility index (Phi) is 6.76. The van der Waals surface area contributed by atoms with Crippen LogP contribution in [0.15, 0.2) is 64.5 Å². The fourth-order valence-corrected chi connectivity index (χ4v) is 5.30. The first-order valence-corrected chi connectivity index (χ1v) is 12.2. The Hall–Kier alpha value is -2.52. The molecule has 0 bridgehead atoms. The number of likely N-dealkylation sites (N-methyl/N-ethyl adjacent to an activating group) is 1. The number of aryl methyl sites for hydroxylation is 1. The zero-order chi connectivity index (χ0) is 22.8. The lowest BCUT2D eigenvalue weighted by atomic mass is 10.2. The van der Waals surface area contributed by atoms with E-state index >= 15 is 0 Å². The monoisotopic (exact) mass is 557 g/mol. The van der Waals surface area contributed by atoms with Gasteiger partial charge in [0.25, 0.3) is 5.91 Å². The Balaban J connectivity index is 1.68. The predicted molar refractivity (Wildman–Crippen MR) is 141 cm³/mol. The molecule has 32 heavy (non-hydrogen) atoms. The lowest BCUT2D eigenvalue weighted by molar-refractivity contribution is -0.122. The SMILES string of the molecule is CCN1C(=O)/C(=C\c2cc(C)n(-c3cccc(I)c3)c2C)SC1=Nc1ccc(OC)cc1. The van der Waals surface area contributed by atoms with E-state index in [1.807, 2.05) is 37.3 Å². The topological polar surface area (TPSA) is 46.8 Å². The summed E-state index contributed by atoms with van der Waals surface area (Å²) in [6.45, 7) is 6.72. The van der Waals surface area contributed by atoms with Gasteiger partial charge in [-0.2, -0.15) is 0 Å². The third-order valence-corrected chi connectivity index (χ3v) is 7.00. The number of hydrogen-bond donors (Lipinski definition) is 0. The van der Waals surface area contributed by atoms with Crippen LogP contribution in [0.25, 0.3) is 11.8 Å². The van der Waals surface area contributed by atoms with Crippen LogP contribution in [0.1, 0.15) is 23.9 Å². The van der Waals surface area contributed by atoms with Gasteiger partial charge in [0.15, 0.2) is 5.17 Å². The molecule has 3 aromatic rings. The number of methoxy groups -OCH3 is 1. The van der Waals surface area contributed by atoms with Crippen LogP contribution in [0.3, 0.4) is 0 Å². The minimum Gasteiger partial charge on any atom is -0.497 e. The van der Waals surface area contributed by atoms with Gasteiger partial charge in [-0.1, -0.05) is 6.07 Å². The van der Waals surface area contributed by atoms with Gasteiger partial charge >= 0.3 is 0 Å². The predicted octanol–water partition coefficient (Wildman–Crippen LogP) is 6.33. The van der Waals surface area contributed by atoms with Crippen LogP contribution in [-0.4, -0.2) is 34.2 Å². The highest BCUT2D eigenvalue weighted by Gasteiger charge is 2.32. The molecule has 0 spiro atoms. The number of aliphatic imine (C=N–C) groups is 1. The summed E-state index contributed by atoms with van der Waals surface area (Å²) in [6.07, 6.45) is 1.99. The van der Waals surface area contributed by atoms with Crippen molar-refractivity contribution in [1.82, 2.24) is 9.47 Å². The molecule has 1 fully saturated rings. The molecule has 1 aliphatic rings. The Morgan fingerprint density at radius 3 is 2.53 bits per heavy atom. The van der Waals surface area contributed by atoms with Gasteiger partial charge in [-0.05, 0) is 115 Å². The van der Waals surface area contributed by atoms with Gasteiger partial charge in [-0.25, -0.2) is 4.99 Å². The first kappa shape index (κ1) is 22.7. The van der Waals surface area contributed by atoms with Crippen molar-refractivity contribution in [1.29, 1.82) is 0 Å². The number of nitrogens with zero attached hydrogens (tertiary/aromatic N) is 3. The quantitative estimate of drug-likeness (QED) is 0.272. The number of aromatic nitrogens is 1. The van der Waals surface area contributed by atoms with E-state index in [0.717, 1.165) is 34.1 Å². The number of ether oxygens (including phenoxy) is 1. The number of amidine groups is 1. The summed E-state index contributed by atoms with van der Waals surface area (Å²) in [4.78, 5) is 20.2. The molecule has 0 aliphatic carbocycles. The second kappa shape index (κ2) is 9.54. The third kappa shape index (κ3) is 4.49. The normalized spacial score (nSPS) is 16.4. The average molecular weight is 557 g/mol. The zero-order valence-corrected chi connectivity index (χ0v) is 21.4. The molecule has 2 heterocycles. The summed E-state index contributed by atoms with van der Waals surface area (Å²) >= 11 is 3.75. The maximum Gasteiger partial charge on any atom is 0.266 e. The summed E-state index contributed by atoms with van der Waals surface area (Å²) in [5.74, 6) is 0.768. The van der Waals surface area contributed by atoms with Crippen LogP contribution < -0.4 is 4.74 Å². The maximum absolute atomic E-state index is 13.1. The second-order valence-electron chi connectivity index (χ2n) is 7.39. The molecular formula is C25H24IN3O2S. The smallest absolute Gasteiger partial charge is 0.266 e. The summed E-state index contributed by atoms with van der Waals surface area (Å²) in [5.41, 5.74) is 5.19. The van der Waals surface area contributed by atoms with E-state index in [0.29, 0.717) is 16.6 Å². The first-order valence-electron chi connectivity index (χ1n) is 10.3. The molecule has 7 heteroatoms. The van der Waals surface area contributed by atoms with Gasteiger partial charge in [-0.15, -0.1) is 0 Å². The van der Waals surface area contributed by atoms with Crippen molar-refractivity contribution in [2.45, 2.75) is 20.8 Å². The van der Waals surface area contributed by atoms with Crippen molar-refractivity contribution < 1.29 is 9.53 Å². The number of hydrogen-bond acceptors (Lipinski definition) is 4. The van der Waals surface area contributed by atoms with Crippen molar-refractivity contribution in [3.63, 3.8) is 0 Å². The van der Waals surface area contributed by atoms with E-state index in [2.05, 4.69) is 71.3 Å². The van der Waals surface area contributed by atoms with Crippen molar-refractivity contribution in [2.24, 2.45) is 4.99 Å². The van der Waals surface area contributed by atoms with Crippen LogP contribution in [-0.2, 0) is 4.79 Å². The fourth-order valence-electron chi connectivity index (χ4n) is 3.72. The van der Waals surface area contributed by atoms with E-state index in [9.17, 15) is 4.79 Å². The van der Waals surface area contributed by atoms with Crippen molar-refractivity contribution >= 4 is 57.2 Å². The number of thioether (sulfide) groups is 1. The third-order valence-electron chi connectivity index (χ3n) is 5.32. The minimum absolute atomic E-state index is 0.0103. The molecule has 1 aromatic heterocycles. The Bertz CT molecular complexity index is 1230. The van der Waals surface area contributed by atoms with Gasteiger partial charge < -0.3 is 9.30 Å². The van der Waals surface area contributed by atoms with Crippen LogP contribution in [0.4, 0.5) is 5.69 Å². The van der Waals surface area contributed by atoms with Crippen LogP contribution in [0.2, 0.25) is 0 Å². The van der Waals surface area contributed by atoms with Crippen molar-refractivity contribution in [2.75, 3.05) is 13.7 Å². The van der Waals surface area contributed by atoms with E-state index in [-0.39, 0.29) is 5.91 Å². The Morgan fingerprint density at radius 1 is 1.12 bits per heavy atom. The van der Waals surface area contributed by atoms with Gasteiger partial charge in [0.2, 0.25) is 0 Å². The second-order valence-corrected chi connectivity index (χ2v) is 9.65. The maximum atomic E-state index is 13.1. The molecular weight excluding hydrogens is 533 g/mol. The van der Waals surface area contributed by atoms with E-state index in [1.165, 1.54) is 15.3 Å². The van der Waals surface area contributed by atoms with Gasteiger partial charge in [0.1, 0.15) is 5.75 Å². The molecule has 0 atom stereocenters. The molecule has 4 rings (SSSR count). The molecule has 0 unspecified atom stereocenters. The van der Waals surface area contributed by atoms with Crippen LogP contribution in [0.5, 0.6) is 5.75 Å². The first-order chi connectivity index (χ1) is 15.4. The van der Waals surface area contributed by atoms with E-state index in [4.69, 9.17) is 9.73 Å². The molecule has 2 aromatic carbocycles. The number of benzene rings is 2. The lowest BCUT2D eigenvalue weighted by Crippen LogP contribution is -2.28. The highest BCUT2D eigenvalue weighted by molar-refractivity contribution is 14.1. The summed E-state index contributed by atoms with van der Waals surface area (Å²) in [5, 5.41) is 0.695. The average Bonchev–Trinajstić information content (AvgIpc) is 3.23. The zero-order valence-electron chi connectivity index (χ0n) is 18.4. The highest BCUT2D eigenvalue weighted by Crippen LogP contribution is 2.35.